The van der Waals surface area contributed by atoms with Gasteiger partial charge >= 0.3 is 15.6 Å². The number of hydrogen-bond donors (Lipinski definition) is 0. The molecule has 0 aromatic heterocycles. The van der Waals surface area contributed by atoms with Crippen molar-refractivity contribution in [3.63, 3.8) is 0 Å². The molecule has 0 aliphatic heterocycles. The summed E-state index contributed by atoms with van der Waals surface area (Å²) in [6.07, 6.45) is 3.46. The maximum Gasteiger partial charge on any atom is 0.525 e. The maximum atomic E-state index is 12.5. The lowest BCUT2D eigenvalue weighted by molar-refractivity contribution is -0.146. The minimum atomic E-state index is -6.25. The molecule has 0 saturated carbocycles. The highest BCUT2D eigenvalue weighted by atomic mass is 32.2. The molecule has 0 unspecified atom stereocenters. The zero-order valence-corrected chi connectivity index (χ0v) is 13.4. The zero-order valence-electron chi connectivity index (χ0n) is 12.6. The SMILES string of the molecule is C=C/C=C\C(=C)C(=O)N(OS(=O)(=O)C(F)(F)F)C(=O)c1ccccc1. The molecule has 0 atom stereocenters. The van der Waals surface area contributed by atoms with Crippen LogP contribution in [0.15, 0.2) is 67.3 Å². The number of carbonyl (C=O) groups is 2. The lowest BCUT2D eigenvalue weighted by atomic mass is 10.2. The highest BCUT2D eigenvalue weighted by Crippen LogP contribution is 2.26. The maximum absolute atomic E-state index is 12.5. The number of hydroxylamine groups is 2. The van der Waals surface area contributed by atoms with Gasteiger partial charge in [-0.1, -0.05) is 43.5 Å². The van der Waals surface area contributed by atoms with Gasteiger partial charge in [-0.3, -0.25) is 9.59 Å². The van der Waals surface area contributed by atoms with Gasteiger partial charge in [-0.2, -0.15) is 21.6 Å². The normalized spacial score (nSPS) is 12.0. The van der Waals surface area contributed by atoms with Crippen molar-refractivity contribution in [3.05, 3.63) is 72.9 Å². The predicted molar refractivity (Wildman–Crippen MR) is 82.2 cm³/mol. The number of carbonyl (C=O) groups excluding carboxylic acids is 2. The molecule has 0 spiro atoms. The number of rotatable bonds is 6. The van der Waals surface area contributed by atoms with Gasteiger partial charge in [-0.05, 0) is 18.2 Å². The van der Waals surface area contributed by atoms with Crippen LogP contribution in [0.4, 0.5) is 13.2 Å². The topological polar surface area (TPSA) is 80.8 Å². The molecule has 0 heterocycles. The summed E-state index contributed by atoms with van der Waals surface area (Å²) in [4.78, 5) is 24.4. The summed E-state index contributed by atoms with van der Waals surface area (Å²) in [5.74, 6) is -2.90. The summed E-state index contributed by atoms with van der Waals surface area (Å²) in [7, 11) is -6.25. The Morgan fingerprint density at radius 3 is 2.20 bits per heavy atom. The largest absolute Gasteiger partial charge is 0.525 e. The molecule has 0 aliphatic rings. The molecule has 0 saturated heterocycles. The molecular formula is C15H12F3NO5S. The quantitative estimate of drug-likeness (QED) is 0.331. The second-order valence-corrected chi connectivity index (χ2v) is 5.89. The predicted octanol–water partition coefficient (Wildman–Crippen LogP) is 2.74. The van der Waals surface area contributed by atoms with E-state index in [4.69, 9.17) is 0 Å². The summed E-state index contributed by atoms with van der Waals surface area (Å²) in [5.41, 5.74) is -6.60. The van der Waals surface area contributed by atoms with E-state index < -0.39 is 38.1 Å². The summed E-state index contributed by atoms with van der Waals surface area (Å²) in [6, 6.07) is 6.55. The van der Waals surface area contributed by atoms with Crippen molar-refractivity contribution >= 4 is 21.9 Å². The van der Waals surface area contributed by atoms with Crippen LogP contribution in [0.1, 0.15) is 10.4 Å². The summed E-state index contributed by atoms with van der Waals surface area (Å²) >= 11 is 0. The van der Waals surface area contributed by atoms with Gasteiger partial charge < -0.3 is 0 Å². The van der Waals surface area contributed by atoms with Crippen molar-refractivity contribution < 1.29 is 35.5 Å². The average molecular weight is 375 g/mol. The average Bonchev–Trinajstić information content (AvgIpc) is 2.56. The minimum Gasteiger partial charge on any atom is -0.266 e. The van der Waals surface area contributed by atoms with Crippen molar-refractivity contribution in [2.24, 2.45) is 0 Å². The number of allylic oxidation sites excluding steroid dienone is 2. The standard InChI is InChI=1S/C15H12F3NO5S/c1-3-4-8-11(2)13(20)19(24-25(22,23)15(16,17)18)14(21)12-9-6-5-7-10-12/h3-10H,1-2H2/b8-4-. The van der Waals surface area contributed by atoms with Crippen molar-refractivity contribution in [1.82, 2.24) is 5.06 Å². The Morgan fingerprint density at radius 2 is 1.72 bits per heavy atom. The Labute approximate surface area is 141 Å². The number of alkyl halides is 3. The van der Waals surface area contributed by atoms with E-state index >= 15 is 0 Å². The molecule has 25 heavy (non-hydrogen) atoms. The van der Waals surface area contributed by atoms with Crippen LogP contribution < -0.4 is 0 Å². The van der Waals surface area contributed by atoms with E-state index in [0.717, 1.165) is 18.2 Å². The zero-order chi connectivity index (χ0) is 19.3. The molecule has 0 radical (unpaired) electrons. The molecule has 1 aromatic carbocycles. The van der Waals surface area contributed by atoms with Crippen LogP contribution in [-0.2, 0) is 19.2 Å². The van der Waals surface area contributed by atoms with Crippen LogP contribution in [0.3, 0.4) is 0 Å². The molecular weight excluding hydrogens is 363 g/mol. The van der Waals surface area contributed by atoms with E-state index in [2.05, 4.69) is 17.4 Å². The molecule has 0 fully saturated rings. The molecule has 0 bridgehead atoms. The second kappa shape index (κ2) is 7.90. The van der Waals surface area contributed by atoms with E-state index in [0.29, 0.717) is 0 Å². The van der Waals surface area contributed by atoms with E-state index in [-0.39, 0.29) is 5.56 Å². The van der Waals surface area contributed by atoms with Gasteiger partial charge in [0.15, 0.2) is 0 Å². The monoisotopic (exact) mass is 375 g/mol. The van der Waals surface area contributed by atoms with E-state index in [1.807, 2.05) is 0 Å². The number of benzene rings is 1. The van der Waals surface area contributed by atoms with Gasteiger partial charge in [0.25, 0.3) is 11.8 Å². The third kappa shape index (κ3) is 5.13. The number of imide groups is 1. The van der Waals surface area contributed by atoms with Crippen LogP contribution in [0.25, 0.3) is 0 Å². The Morgan fingerprint density at radius 1 is 1.16 bits per heavy atom. The van der Waals surface area contributed by atoms with Gasteiger partial charge in [-0.15, -0.1) is 9.35 Å². The second-order valence-electron chi connectivity index (χ2n) is 4.37. The van der Waals surface area contributed by atoms with Crippen LogP contribution in [0.5, 0.6) is 0 Å². The number of amides is 2. The van der Waals surface area contributed by atoms with Crippen molar-refractivity contribution in [2.75, 3.05) is 0 Å². The van der Waals surface area contributed by atoms with Crippen LogP contribution in [0.2, 0.25) is 0 Å². The smallest absolute Gasteiger partial charge is 0.266 e. The number of hydrogen-bond acceptors (Lipinski definition) is 5. The van der Waals surface area contributed by atoms with E-state index in [1.165, 1.54) is 30.4 Å². The van der Waals surface area contributed by atoms with Crippen LogP contribution in [-0.4, -0.2) is 30.8 Å². The fraction of sp³-hybridized carbons (Fsp3) is 0.0667. The third-order valence-corrected chi connectivity index (χ3v) is 3.47. The molecule has 10 heteroatoms. The summed E-state index contributed by atoms with van der Waals surface area (Å²) < 4.78 is 63.7. The van der Waals surface area contributed by atoms with Crippen LogP contribution >= 0.6 is 0 Å². The van der Waals surface area contributed by atoms with Crippen LogP contribution in [0, 0.1) is 0 Å². The Kier molecular flexibility index (Phi) is 6.42. The first-order valence-electron chi connectivity index (χ1n) is 6.44. The Hall–Kier alpha value is -2.72. The van der Waals surface area contributed by atoms with E-state index in [1.54, 1.807) is 0 Å². The van der Waals surface area contributed by atoms with Gasteiger partial charge in [0.05, 0.1) is 0 Å². The Balaban J connectivity index is 3.30. The minimum absolute atomic E-state index is 0.270. The molecule has 6 nitrogen and oxygen atoms in total. The molecule has 0 aliphatic carbocycles. The highest BCUT2D eigenvalue weighted by molar-refractivity contribution is 7.87. The van der Waals surface area contributed by atoms with Crippen molar-refractivity contribution in [3.8, 4) is 0 Å². The molecule has 134 valence electrons. The number of nitrogens with zero attached hydrogens (tertiary/aromatic N) is 1. The first-order valence-corrected chi connectivity index (χ1v) is 7.85. The molecule has 2 amide bonds. The fourth-order valence-electron chi connectivity index (χ4n) is 1.38. The fourth-order valence-corrected chi connectivity index (χ4v) is 1.80. The highest BCUT2D eigenvalue weighted by Gasteiger charge is 2.50. The number of halogens is 3. The lowest BCUT2D eigenvalue weighted by Gasteiger charge is -2.20. The van der Waals surface area contributed by atoms with Gasteiger partial charge in [0.2, 0.25) is 0 Å². The molecule has 0 N–H and O–H groups in total. The van der Waals surface area contributed by atoms with E-state index in [9.17, 15) is 31.2 Å². The first-order chi connectivity index (χ1) is 11.5. The van der Waals surface area contributed by atoms with Gasteiger partial charge in [-0.25, -0.2) is 0 Å². The summed E-state index contributed by atoms with van der Waals surface area (Å²) in [6.45, 7) is 6.56. The Bertz CT molecular complexity index is 813. The van der Waals surface area contributed by atoms with Crippen molar-refractivity contribution in [1.29, 1.82) is 0 Å². The lowest BCUT2D eigenvalue weighted by Crippen LogP contribution is -2.42. The first kappa shape index (κ1) is 20.3. The van der Waals surface area contributed by atoms with Gasteiger partial charge in [0.1, 0.15) is 0 Å². The third-order valence-electron chi connectivity index (χ3n) is 2.55. The van der Waals surface area contributed by atoms with Gasteiger partial charge in [0, 0.05) is 11.1 Å². The van der Waals surface area contributed by atoms with Crippen molar-refractivity contribution in [2.45, 2.75) is 5.51 Å². The molecule has 1 aromatic rings. The summed E-state index contributed by atoms with van der Waals surface area (Å²) in [5, 5.41) is -0.506. The molecule has 1 rings (SSSR count).